The fraction of sp³-hybridized carbons (Fsp3) is 0.500. The van der Waals surface area contributed by atoms with Gasteiger partial charge in [-0.25, -0.2) is 0 Å². The van der Waals surface area contributed by atoms with Gasteiger partial charge in [0.15, 0.2) is 0 Å². The number of hydrogen-bond acceptors (Lipinski definition) is 3. The molecular formula is C22H30N2O2. The van der Waals surface area contributed by atoms with Crippen molar-refractivity contribution in [1.82, 2.24) is 4.57 Å². The monoisotopic (exact) mass is 354 g/mol. The van der Waals surface area contributed by atoms with Crippen LogP contribution in [0.4, 0.5) is 0 Å². The zero-order valence-electron chi connectivity index (χ0n) is 15.8. The number of nitrogens with zero attached hydrogens (tertiary/aromatic N) is 1. The van der Waals surface area contributed by atoms with Gasteiger partial charge in [0, 0.05) is 17.8 Å². The lowest BCUT2D eigenvalue weighted by Crippen LogP contribution is -2.39. The van der Waals surface area contributed by atoms with E-state index in [4.69, 9.17) is 10.5 Å². The van der Waals surface area contributed by atoms with Gasteiger partial charge >= 0.3 is 0 Å². The first-order valence-electron chi connectivity index (χ1n) is 9.66. The molecule has 2 atom stereocenters. The Morgan fingerprint density at radius 3 is 2.46 bits per heavy atom. The number of nitrogens with two attached hydrogens (primary N) is 1. The summed E-state index contributed by atoms with van der Waals surface area (Å²) in [4.78, 5) is 12.4. The van der Waals surface area contributed by atoms with Crippen molar-refractivity contribution in [3.63, 3.8) is 0 Å². The molecule has 0 bridgehead atoms. The zero-order valence-corrected chi connectivity index (χ0v) is 15.8. The minimum Gasteiger partial charge on any atom is -0.376 e. The van der Waals surface area contributed by atoms with Crippen LogP contribution in [0.5, 0.6) is 0 Å². The van der Waals surface area contributed by atoms with Crippen molar-refractivity contribution in [3.8, 4) is 0 Å². The zero-order chi connectivity index (χ0) is 18.5. The highest BCUT2D eigenvalue weighted by molar-refractivity contribution is 5.20. The number of aromatic nitrogens is 1. The van der Waals surface area contributed by atoms with Crippen LogP contribution in [-0.2, 0) is 4.74 Å². The number of aryl methyl sites for hydroxylation is 1. The Labute approximate surface area is 156 Å². The van der Waals surface area contributed by atoms with E-state index in [9.17, 15) is 4.79 Å². The maximum Gasteiger partial charge on any atom is 0.253 e. The lowest BCUT2D eigenvalue weighted by atomic mass is 9.83. The first-order valence-corrected chi connectivity index (χ1v) is 9.66. The Bertz CT molecular complexity index is 746. The molecule has 1 heterocycles. The van der Waals surface area contributed by atoms with E-state index in [1.165, 1.54) is 5.56 Å². The van der Waals surface area contributed by atoms with Gasteiger partial charge in [0.1, 0.15) is 0 Å². The van der Waals surface area contributed by atoms with Crippen molar-refractivity contribution < 1.29 is 4.74 Å². The van der Waals surface area contributed by atoms with Crippen molar-refractivity contribution in [3.05, 3.63) is 70.1 Å². The Morgan fingerprint density at radius 1 is 1.12 bits per heavy atom. The Morgan fingerprint density at radius 2 is 1.81 bits per heavy atom. The molecule has 4 heteroatoms. The predicted octanol–water partition coefficient (Wildman–Crippen LogP) is 3.79. The Kier molecular flexibility index (Phi) is 6.28. The van der Waals surface area contributed by atoms with Gasteiger partial charge in [-0.2, -0.15) is 0 Å². The van der Waals surface area contributed by atoms with Gasteiger partial charge in [-0.3, -0.25) is 4.79 Å². The molecule has 2 N–H and O–H groups in total. The smallest absolute Gasteiger partial charge is 0.253 e. The third kappa shape index (κ3) is 4.43. The van der Waals surface area contributed by atoms with Crippen molar-refractivity contribution >= 4 is 0 Å². The number of hydrogen-bond donors (Lipinski definition) is 1. The summed E-state index contributed by atoms with van der Waals surface area (Å²) >= 11 is 0. The molecule has 2 aromatic rings. The van der Waals surface area contributed by atoms with E-state index in [0.29, 0.717) is 12.5 Å². The van der Waals surface area contributed by atoms with Gasteiger partial charge in [0.25, 0.3) is 5.56 Å². The quantitative estimate of drug-likeness (QED) is 0.859. The molecule has 1 fully saturated rings. The van der Waals surface area contributed by atoms with Crippen molar-refractivity contribution in [1.29, 1.82) is 0 Å². The van der Waals surface area contributed by atoms with Gasteiger partial charge in [-0.1, -0.05) is 36.4 Å². The maximum absolute atomic E-state index is 12.4. The molecule has 140 valence electrons. The first-order chi connectivity index (χ1) is 12.6. The fourth-order valence-electron chi connectivity index (χ4n) is 3.89. The van der Waals surface area contributed by atoms with Gasteiger partial charge in [-0.05, 0) is 57.1 Å². The van der Waals surface area contributed by atoms with Gasteiger partial charge in [-0.15, -0.1) is 0 Å². The van der Waals surface area contributed by atoms with Crippen LogP contribution in [0.2, 0.25) is 0 Å². The number of benzene rings is 1. The first kappa shape index (κ1) is 18.9. The molecule has 0 unspecified atom stereocenters. The van der Waals surface area contributed by atoms with Gasteiger partial charge < -0.3 is 15.0 Å². The lowest BCUT2D eigenvalue weighted by molar-refractivity contribution is 0.00325. The molecular weight excluding hydrogens is 324 g/mol. The van der Waals surface area contributed by atoms with Gasteiger partial charge in [0.2, 0.25) is 0 Å². The molecule has 1 aromatic heterocycles. The summed E-state index contributed by atoms with van der Waals surface area (Å²) in [5.74, 6) is 0.639. The summed E-state index contributed by atoms with van der Waals surface area (Å²) in [6.07, 6.45) is 6.52. The second-order valence-corrected chi connectivity index (χ2v) is 7.55. The van der Waals surface area contributed by atoms with Crippen LogP contribution in [0.15, 0.2) is 53.5 Å². The second kappa shape index (κ2) is 8.65. The van der Waals surface area contributed by atoms with Crippen LogP contribution in [0.3, 0.4) is 0 Å². The Hall–Kier alpha value is -1.91. The summed E-state index contributed by atoms with van der Waals surface area (Å²) < 4.78 is 7.93. The number of pyridine rings is 1. The summed E-state index contributed by atoms with van der Waals surface area (Å²) in [5, 5.41) is 0. The van der Waals surface area contributed by atoms with Crippen LogP contribution in [0, 0.1) is 6.92 Å². The molecule has 0 saturated heterocycles. The SMILES string of the molecule is Cc1cccn([C@H](COC2CCC(c3ccccc3)CC2)[C@@H](C)N)c1=O. The van der Waals surface area contributed by atoms with E-state index in [1.54, 1.807) is 4.57 Å². The molecule has 1 aromatic carbocycles. The normalized spacial score (nSPS) is 22.7. The topological polar surface area (TPSA) is 57.2 Å². The maximum atomic E-state index is 12.4. The summed E-state index contributed by atoms with van der Waals surface area (Å²) in [7, 11) is 0. The molecule has 0 aliphatic heterocycles. The average Bonchev–Trinajstić information content (AvgIpc) is 2.66. The van der Waals surface area contributed by atoms with Crippen LogP contribution < -0.4 is 11.3 Å². The summed E-state index contributed by atoms with van der Waals surface area (Å²) in [5.41, 5.74) is 8.35. The largest absolute Gasteiger partial charge is 0.376 e. The molecule has 1 aliphatic carbocycles. The van der Waals surface area contributed by atoms with E-state index >= 15 is 0 Å². The highest BCUT2D eigenvalue weighted by Gasteiger charge is 2.25. The number of ether oxygens (including phenoxy) is 1. The molecule has 0 amide bonds. The predicted molar refractivity (Wildman–Crippen MR) is 106 cm³/mol. The lowest BCUT2D eigenvalue weighted by Gasteiger charge is -2.31. The summed E-state index contributed by atoms with van der Waals surface area (Å²) in [6, 6.07) is 14.2. The fourth-order valence-corrected chi connectivity index (χ4v) is 3.89. The summed E-state index contributed by atoms with van der Waals surface area (Å²) in [6.45, 7) is 4.26. The average molecular weight is 354 g/mol. The Balaban J connectivity index is 1.58. The highest BCUT2D eigenvalue weighted by Crippen LogP contribution is 2.34. The van der Waals surface area contributed by atoms with Crippen molar-refractivity contribution in [2.75, 3.05) is 6.61 Å². The molecule has 26 heavy (non-hydrogen) atoms. The van der Waals surface area contributed by atoms with Crippen LogP contribution in [0.25, 0.3) is 0 Å². The third-order valence-corrected chi connectivity index (χ3v) is 5.58. The van der Waals surface area contributed by atoms with Crippen molar-refractivity contribution in [2.45, 2.75) is 63.6 Å². The molecule has 1 aliphatic rings. The minimum absolute atomic E-state index is 0.0196. The van der Waals surface area contributed by atoms with E-state index in [2.05, 4.69) is 30.3 Å². The molecule has 0 radical (unpaired) electrons. The van der Waals surface area contributed by atoms with E-state index in [-0.39, 0.29) is 23.7 Å². The highest BCUT2D eigenvalue weighted by atomic mass is 16.5. The van der Waals surface area contributed by atoms with E-state index < -0.39 is 0 Å². The van der Waals surface area contributed by atoms with E-state index in [0.717, 1.165) is 31.2 Å². The van der Waals surface area contributed by atoms with Crippen molar-refractivity contribution in [2.24, 2.45) is 5.73 Å². The standard InChI is InChI=1S/C22H30N2O2/c1-16-7-6-14-24(22(16)25)21(17(2)23)15-26-20-12-10-19(11-13-20)18-8-4-3-5-9-18/h3-9,14,17,19-21H,10-13,15,23H2,1-2H3/t17-,19?,20?,21-/m1/s1. The van der Waals surface area contributed by atoms with Crippen LogP contribution >= 0.6 is 0 Å². The third-order valence-electron chi connectivity index (χ3n) is 5.58. The van der Waals surface area contributed by atoms with Crippen LogP contribution in [-0.4, -0.2) is 23.3 Å². The van der Waals surface area contributed by atoms with E-state index in [1.807, 2.05) is 32.2 Å². The molecule has 4 nitrogen and oxygen atoms in total. The molecule has 3 rings (SSSR count). The van der Waals surface area contributed by atoms with Gasteiger partial charge in [0.05, 0.1) is 18.8 Å². The molecule has 1 saturated carbocycles. The molecule has 0 spiro atoms. The van der Waals surface area contributed by atoms with Crippen LogP contribution in [0.1, 0.15) is 55.7 Å². The number of rotatable bonds is 6. The minimum atomic E-state index is -0.143. The second-order valence-electron chi connectivity index (χ2n) is 7.55.